The van der Waals surface area contributed by atoms with Gasteiger partial charge in [0.05, 0.1) is 5.75 Å². The van der Waals surface area contributed by atoms with Crippen LogP contribution in [0.1, 0.15) is 47.6 Å². The van der Waals surface area contributed by atoms with Crippen molar-refractivity contribution in [2.45, 2.75) is 51.4 Å². The molecule has 3 aromatic heterocycles. The minimum Gasteiger partial charge on any atom is -0.349 e. The van der Waals surface area contributed by atoms with E-state index in [1.807, 2.05) is 32.0 Å². The number of rotatable bonds is 7. The summed E-state index contributed by atoms with van der Waals surface area (Å²) in [6.45, 7) is 7.04. The fourth-order valence-corrected chi connectivity index (χ4v) is 4.40. The zero-order valence-electron chi connectivity index (χ0n) is 15.8. The largest absolute Gasteiger partial charge is 0.349 e. The lowest BCUT2D eigenvalue weighted by molar-refractivity contribution is 0.102. The third kappa shape index (κ3) is 3.43. The van der Waals surface area contributed by atoms with E-state index in [-0.39, 0.29) is 5.78 Å². The number of thioether (sulfide) groups is 1. The van der Waals surface area contributed by atoms with Crippen molar-refractivity contribution in [3.8, 4) is 11.4 Å². The topological polar surface area (TPSA) is 65.6 Å². The summed E-state index contributed by atoms with van der Waals surface area (Å²) in [6, 6.07) is 6.32. The maximum atomic E-state index is 12.8. The zero-order chi connectivity index (χ0) is 19.0. The molecule has 3 aromatic rings. The van der Waals surface area contributed by atoms with Crippen LogP contribution in [0.25, 0.3) is 11.4 Å². The summed E-state index contributed by atoms with van der Waals surface area (Å²) in [5.74, 6) is 1.37. The van der Waals surface area contributed by atoms with Crippen molar-refractivity contribution in [3.05, 3.63) is 47.5 Å². The summed E-state index contributed by atoms with van der Waals surface area (Å²) in [4.78, 5) is 16.9. The van der Waals surface area contributed by atoms with Crippen LogP contribution in [0.5, 0.6) is 0 Å². The van der Waals surface area contributed by atoms with Crippen LogP contribution < -0.4 is 0 Å². The number of pyridine rings is 1. The molecule has 0 saturated heterocycles. The van der Waals surface area contributed by atoms with Crippen LogP contribution in [0.4, 0.5) is 0 Å². The summed E-state index contributed by atoms with van der Waals surface area (Å²) in [5, 5.41) is 9.60. The van der Waals surface area contributed by atoms with Gasteiger partial charge in [0, 0.05) is 47.5 Å². The molecule has 0 atom stereocenters. The first-order valence-electron chi connectivity index (χ1n) is 9.28. The summed E-state index contributed by atoms with van der Waals surface area (Å²) in [5.41, 5.74) is 3.99. The zero-order valence-corrected chi connectivity index (χ0v) is 16.7. The minimum atomic E-state index is 0.142. The SMILES string of the molecule is CCn1c(C)cc(C(=O)CSc2nnc(-c3ccncc3)n2C2CC2)c1C. The highest BCUT2D eigenvalue weighted by Crippen LogP contribution is 2.41. The van der Waals surface area contributed by atoms with Crippen LogP contribution in [0, 0.1) is 13.8 Å². The molecule has 0 unspecified atom stereocenters. The molecule has 0 radical (unpaired) electrons. The van der Waals surface area contributed by atoms with E-state index < -0.39 is 0 Å². The molecule has 1 fully saturated rings. The molecule has 27 heavy (non-hydrogen) atoms. The van der Waals surface area contributed by atoms with Crippen LogP contribution in [0.2, 0.25) is 0 Å². The molecule has 1 saturated carbocycles. The minimum absolute atomic E-state index is 0.142. The number of hydrogen-bond acceptors (Lipinski definition) is 5. The van der Waals surface area contributed by atoms with E-state index >= 15 is 0 Å². The van der Waals surface area contributed by atoms with Gasteiger partial charge in [0.1, 0.15) is 0 Å². The summed E-state index contributed by atoms with van der Waals surface area (Å²) in [7, 11) is 0. The van der Waals surface area contributed by atoms with E-state index in [4.69, 9.17) is 0 Å². The van der Waals surface area contributed by atoms with Gasteiger partial charge in [-0.15, -0.1) is 10.2 Å². The van der Waals surface area contributed by atoms with Gasteiger partial charge >= 0.3 is 0 Å². The van der Waals surface area contributed by atoms with Crippen molar-refractivity contribution in [1.29, 1.82) is 0 Å². The van der Waals surface area contributed by atoms with Crippen molar-refractivity contribution in [2.24, 2.45) is 0 Å². The lowest BCUT2D eigenvalue weighted by Crippen LogP contribution is -2.07. The molecular weight excluding hydrogens is 358 g/mol. The molecule has 0 spiro atoms. The van der Waals surface area contributed by atoms with Crippen LogP contribution >= 0.6 is 11.8 Å². The van der Waals surface area contributed by atoms with Crippen LogP contribution in [-0.2, 0) is 6.54 Å². The van der Waals surface area contributed by atoms with Crippen molar-refractivity contribution >= 4 is 17.5 Å². The van der Waals surface area contributed by atoms with Gasteiger partial charge in [-0.05, 0) is 51.8 Å². The van der Waals surface area contributed by atoms with Crippen LogP contribution in [0.15, 0.2) is 35.7 Å². The molecule has 0 bridgehead atoms. The lowest BCUT2D eigenvalue weighted by Gasteiger charge is -2.08. The Labute approximate surface area is 163 Å². The Morgan fingerprint density at radius 1 is 1.22 bits per heavy atom. The molecule has 140 valence electrons. The molecule has 1 aliphatic rings. The van der Waals surface area contributed by atoms with E-state index in [2.05, 4.69) is 31.2 Å². The van der Waals surface area contributed by atoms with Gasteiger partial charge in [-0.3, -0.25) is 14.3 Å². The molecule has 3 heterocycles. The van der Waals surface area contributed by atoms with E-state index in [9.17, 15) is 4.79 Å². The number of aryl methyl sites for hydroxylation is 1. The van der Waals surface area contributed by atoms with Gasteiger partial charge < -0.3 is 4.57 Å². The summed E-state index contributed by atoms with van der Waals surface area (Å²) in [6.07, 6.45) is 5.80. The summed E-state index contributed by atoms with van der Waals surface area (Å²) < 4.78 is 4.36. The number of carbonyl (C=O) groups excluding carboxylic acids is 1. The highest BCUT2D eigenvalue weighted by Gasteiger charge is 2.30. The maximum absolute atomic E-state index is 12.8. The van der Waals surface area contributed by atoms with Gasteiger partial charge in [-0.25, -0.2) is 0 Å². The van der Waals surface area contributed by atoms with Crippen LogP contribution in [0.3, 0.4) is 0 Å². The second-order valence-electron chi connectivity index (χ2n) is 6.88. The molecule has 0 N–H and O–H groups in total. The van der Waals surface area contributed by atoms with Gasteiger partial charge in [-0.2, -0.15) is 0 Å². The highest BCUT2D eigenvalue weighted by atomic mass is 32.2. The second-order valence-corrected chi connectivity index (χ2v) is 7.83. The first kappa shape index (κ1) is 18.0. The molecular formula is C20H23N5OS. The Balaban J connectivity index is 1.55. The number of ketones is 1. The van der Waals surface area contributed by atoms with E-state index in [0.29, 0.717) is 11.8 Å². The van der Waals surface area contributed by atoms with Crippen molar-refractivity contribution in [1.82, 2.24) is 24.3 Å². The average molecular weight is 382 g/mol. The van der Waals surface area contributed by atoms with Crippen molar-refractivity contribution in [2.75, 3.05) is 5.75 Å². The molecule has 6 nitrogen and oxygen atoms in total. The molecule has 0 amide bonds. The number of nitrogens with zero attached hydrogens (tertiary/aromatic N) is 5. The average Bonchev–Trinajstić information content (AvgIpc) is 3.36. The molecule has 4 rings (SSSR count). The molecule has 0 aliphatic heterocycles. The molecule has 0 aromatic carbocycles. The van der Waals surface area contributed by atoms with Gasteiger partial charge in [0.25, 0.3) is 0 Å². The Hall–Kier alpha value is -2.41. The number of aromatic nitrogens is 5. The number of hydrogen-bond donors (Lipinski definition) is 0. The highest BCUT2D eigenvalue weighted by molar-refractivity contribution is 7.99. The third-order valence-corrected chi connectivity index (χ3v) is 5.98. The monoisotopic (exact) mass is 381 g/mol. The number of Topliss-reactive ketones (excluding diaryl/α,β-unsaturated/α-hetero) is 1. The van der Waals surface area contributed by atoms with E-state index in [1.165, 1.54) is 11.8 Å². The normalized spacial score (nSPS) is 13.9. The Kier molecular flexibility index (Phi) is 4.86. The molecule has 1 aliphatic carbocycles. The van der Waals surface area contributed by atoms with Crippen molar-refractivity contribution in [3.63, 3.8) is 0 Å². The predicted octanol–water partition coefficient (Wildman–Crippen LogP) is 4.09. The quantitative estimate of drug-likeness (QED) is 0.456. The van der Waals surface area contributed by atoms with Gasteiger partial charge in [0.15, 0.2) is 16.8 Å². The van der Waals surface area contributed by atoms with E-state index in [0.717, 1.165) is 52.9 Å². The van der Waals surface area contributed by atoms with Gasteiger partial charge in [0.2, 0.25) is 0 Å². The lowest BCUT2D eigenvalue weighted by atomic mass is 10.2. The second kappa shape index (κ2) is 7.31. The standard InChI is InChI=1S/C20H23N5OS/c1-4-24-13(2)11-17(14(24)3)18(26)12-27-20-23-22-19(25(20)16-5-6-16)15-7-9-21-10-8-15/h7-11,16H,4-6,12H2,1-3H3. The summed E-state index contributed by atoms with van der Waals surface area (Å²) >= 11 is 1.48. The van der Waals surface area contributed by atoms with Gasteiger partial charge in [-0.1, -0.05) is 11.8 Å². The smallest absolute Gasteiger partial charge is 0.192 e. The predicted molar refractivity (Wildman–Crippen MR) is 106 cm³/mol. The number of carbonyl (C=O) groups is 1. The fourth-order valence-electron chi connectivity index (χ4n) is 3.51. The third-order valence-electron chi connectivity index (χ3n) is 5.04. The Bertz CT molecular complexity index is 972. The first-order valence-corrected chi connectivity index (χ1v) is 10.3. The Morgan fingerprint density at radius 2 is 1.96 bits per heavy atom. The van der Waals surface area contributed by atoms with Crippen molar-refractivity contribution < 1.29 is 4.79 Å². The first-order chi connectivity index (χ1) is 13.1. The van der Waals surface area contributed by atoms with Crippen LogP contribution in [-0.4, -0.2) is 35.9 Å². The maximum Gasteiger partial charge on any atom is 0.192 e. The molecule has 7 heteroatoms. The Morgan fingerprint density at radius 3 is 2.59 bits per heavy atom. The fraction of sp³-hybridized carbons (Fsp3) is 0.400. The van der Waals surface area contributed by atoms with E-state index in [1.54, 1.807) is 12.4 Å².